The number of hydrogen-bond donors (Lipinski definition) is 0. The van der Waals surface area contributed by atoms with Crippen molar-refractivity contribution in [2.45, 2.75) is 19.1 Å². The van der Waals surface area contributed by atoms with Crippen molar-refractivity contribution in [3.8, 4) is 0 Å². The van der Waals surface area contributed by atoms with Crippen molar-refractivity contribution in [2.75, 3.05) is 19.7 Å². The van der Waals surface area contributed by atoms with Gasteiger partial charge >= 0.3 is 0 Å². The zero-order valence-electron chi connectivity index (χ0n) is 9.34. The van der Waals surface area contributed by atoms with Crippen molar-refractivity contribution in [3.05, 3.63) is 35.9 Å². The third-order valence-electron chi connectivity index (χ3n) is 2.83. The number of hydrogen-bond acceptors (Lipinski definition) is 3. The Bertz CT molecular complexity index is 326. The molecule has 1 atom stereocenters. The van der Waals surface area contributed by atoms with Crippen LogP contribution in [0.15, 0.2) is 30.3 Å². The van der Waals surface area contributed by atoms with Gasteiger partial charge in [-0.1, -0.05) is 30.3 Å². The van der Waals surface area contributed by atoms with Crippen LogP contribution in [0.2, 0.25) is 0 Å². The molecule has 86 valence electrons. The fourth-order valence-electron chi connectivity index (χ4n) is 2.02. The summed E-state index contributed by atoms with van der Waals surface area (Å²) in [6.45, 7) is 3.47. The average molecular weight is 219 g/mol. The summed E-state index contributed by atoms with van der Waals surface area (Å²) < 4.78 is 5.51. The van der Waals surface area contributed by atoms with Crippen LogP contribution >= 0.6 is 0 Å². The van der Waals surface area contributed by atoms with Crippen molar-refractivity contribution in [1.29, 1.82) is 0 Å². The minimum absolute atomic E-state index is 0.0787. The van der Waals surface area contributed by atoms with Crippen molar-refractivity contribution >= 4 is 6.29 Å². The summed E-state index contributed by atoms with van der Waals surface area (Å²) in [4.78, 5) is 12.8. The normalized spacial score (nSPS) is 21.9. The van der Waals surface area contributed by atoms with Crippen LogP contribution in [0.5, 0.6) is 0 Å². The average Bonchev–Trinajstić information content (AvgIpc) is 2.31. The van der Waals surface area contributed by atoms with Gasteiger partial charge in [-0.25, -0.2) is 0 Å². The number of rotatable bonds is 4. The smallest absolute Gasteiger partial charge is 0.122 e. The SMILES string of the molecule is O=CCC1CN(Cc2ccccc2)CCO1. The van der Waals surface area contributed by atoms with Gasteiger partial charge in [0.1, 0.15) is 6.29 Å². The zero-order chi connectivity index (χ0) is 11.2. The van der Waals surface area contributed by atoms with Crippen molar-refractivity contribution in [3.63, 3.8) is 0 Å². The van der Waals surface area contributed by atoms with Crippen molar-refractivity contribution in [2.24, 2.45) is 0 Å². The second kappa shape index (κ2) is 5.77. The molecule has 3 nitrogen and oxygen atoms in total. The van der Waals surface area contributed by atoms with Crippen LogP contribution in [0.25, 0.3) is 0 Å². The van der Waals surface area contributed by atoms with Gasteiger partial charge < -0.3 is 9.53 Å². The minimum Gasteiger partial charge on any atom is -0.375 e. The molecule has 0 spiro atoms. The monoisotopic (exact) mass is 219 g/mol. The zero-order valence-corrected chi connectivity index (χ0v) is 9.34. The van der Waals surface area contributed by atoms with Crippen LogP contribution in [-0.4, -0.2) is 37.0 Å². The van der Waals surface area contributed by atoms with Gasteiger partial charge in [0.15, 0.2) is 0 Å². The van der Waals surface area contributed by atoms with Gasteiger partial charge in [0.2, 0.25) is 0 Å². The van der Waals surface area contributed by atoms with Gasteiger partial charge in [0.25, 0.3) is 0 Å². The number of ether oxygens (including phenoxy) is 1. The summed E-state index contributed by atoms with van der Waals surface area (Å²) in [6.07, 6.45) is 1.53. The molecule has 1 heterocycles. The molecule has 0 aromatic heterocycles. The Morgan fingerprint density at radius 1 is 1.38 bits per heavy atom. The van der Waals surface area contributed by atoms with E-state index in [2.05, 4.69) is 29.2 Å². The van der Waals surface area contributed by atoms with E-state index in [1.165, 1.54) is 5.56 Å². The number of carbonyl (C=O) groups excluding carboxylic acids is 1. The van der Waals surface area contributed by atoms with E-state index in [0.29, 0.717) is 6.42 Å². The Balaban J connectivity index is 1.88. The fraction of sp³-hybridized carbons (Fsp3) is 0.462. The lowest BCUT2D eigenvalue weighted by atomic mass is 10.1. The van der Waals surface area contributed by atoms with E-state index in [9.17, 15) is 4.79 Å². The second-order valence-corrected chi connectivity index (χ2v) is 4.12. The standard InChI is InChI=1S/C13H17NO2/c15-8-6-13-11-14(7-9-16-13)10-12-4-2-1-3-5-12/h1-5,8,13H,6-7,9-11H2. The Kier molecular flexibility index (Phi) is 4.08. The molecule has 0 N–H and O–H groups in total. The molecule has 0 bridgehead atoms. The lowest BCUT2D eigenvalue weighted by molar-refractivity contribution is -0.112. The van der Waals surface area contributed by atoms with E-state index in [-0.39, 0.29) is 6.10 Å². The predicted molar refractivity (Wildman–Crippen MR) is 62.1 cm³/mol. The third kappa shape index (κ3) is 3.15. The topological polar surface area (TPSA) is 29.5 Å². The quantitative estimate of drug-likeness (QED) is 0.718. The Morgan fingerprint density at radius 2 is 2.19 bits per heavy atom. The van der Waals surface area contributed by atoms with E-state index < -0.39 is 0 Å². The number of nitrogens with zero attached hydrogens (tertiary/aromatic N) is 1. The Hall–Kier alpha value is -1.19. The van der Waals surface area contributed by atoms with E-state index in [1.807, 2.05) is 6.07 Å². The second-order valence-electron chi connectivity index (χ2n) is 4.12. The first kappa shape index (κ1) is 11.3. The molecule has 0 radical (unpaired) electrons. The molecule has 1 aromatic carbocycles. The third-order valence-corrected chi connectivity index (χ3v) is 2.83. The molecule has 1 aliphatic rings. The summed E-state index contributed by atoms with van der Waals surface area (Å²) in [5.41, 5.74) is 1.31. The fourth-order valence-corrected chi connectivity index (χ4v) is 2.02. The number of carbonyl (C=O) groups is 1. The lowest BCUT2D eigenvalue weighted by Gasteiger charge is -2.32. The summed E-state index contributed by atoms with van der Waals surface area (Å²) in [5.74, 6) is 0. The molecule has 1 aromatic rings. The summed E-state index contributed by atoms with van der Waals surface area (Å²) in [5, 5.41) is 0. The molecule has 2 rings (SSSR count). The van der Waals surface area contributed by atoms with Crippen LogP contribution in [0.4, 0.5) is 0 Å². The molecule has 3 heteroatoms. The number of aldehydes is 1. The van der Waals surface area contributed by atoms with Gasteiger partial charge in [0, 0.05) is 26.1 Å². The van der Waals surface area contributed by atoms with Gasteiger partial charge in [-0.05, 0) is 5.56 Å². The highest BCUT2D eigenvalue weighted by atomic mass is 16.5. The first-order valence-electron chi connectivity index (χ1n) is 5.70. The minimum atomic E-state index is 0.0787. The first-order valence-corrected chi connectivity index (χ1v) is 5.70. The lowest BCUT2D eigenvalue weighted by Crippen LogP contribution is -2.42. The van der Waals surface area contributed by atoms with Gasteiger partial charge in [0.05, 0.1) is 12.7 Å². The van der Waals surface area contributed by atoms with Gasteiger partial charge in [-0.2, -0.15) is 0 Å². The van der Waals surface area contributed by atoms with Crippen LogP contribution in [-0.2, 0) is 16.1 Å². The molecule has 16 heavy (non-hydrogen) atoms. The van der Waals surface area contributed by atoms with Crippen LogP contribution in [0.1, 0.15) is 12.0 Å². The molecule has 0 saturated carbocycles. The molecule has 1 aliphatic heterocycles. The first-order chi connectivity index (χ1) is 7.88. The molecular formula is C13H17NO2. The Morgan fingerprint density at radius 3 is 2.94 bits per heavy atom. The van der Waals surface area contributed by atoms with Gasteiger partial charge in [-0.15, -0.1) is 0 Å². The highest BCUT2D eigenvalue weighted by Gasteiger charge is 2.19. The van der Waals surface area contributed by atoms with Crippen LogP contribution in [0, 0.1) is 0 Å². The number of benzene rings is 1. The van der Waals surface area contributed by atoms with E-state index in [0.717, 1.165) is 32.5 Å². The van der Waals surface area contributed by atoms with E-state index in [1.54, 1.807) is 0 Å². The van der Waals surface area contributed by atoms with E-state index in [4.69, 9.17) is 4.74 Å². The van der Waals surface area contributed by atoms with E-state index >= 15 is 0 Å². The Labute approximate surface area is 96.0 Å². The highest BCUT2D eigenvalue weighted by Crippen LogP contribution is 2.11. The summed E-state index contributed by atoms with van der Waals surface area (Å²) in [7, 11) is 0. The molecule has 1 unspecified atom stereocenters. The molecular weight excluding hydrogens is 202 g/mol. The molecule has 0 aliphatic carbocycles. The number of morpholine rings is 1. The maximum atomic E-state index is 10.4. The predicted octanol–water partition coefficient (Wildman–Crippen LogP) is 1.48. The maximum absolute atomic E-state index is 10.4. The molecule has 1 saturated heterocycles. The molecule has 1 fully saturated rings. The van der Waals surface area contributed by atoms with Gasteiger partial charge in [-0.3, -0.25) is 4.90 Å². The molecule has 0 amide bonds. The summed E-state index contributed by atoms with van der Waals surface area (Å²) in [6, 6.07) is 10.4. The maximum Gasteiger partial charge on any atom is 0.122 e. The largest absolute Gasteiger partial charge is 0.375 e. The van der Waals surface area contributed by atoms with Crippen molar-refractivity contribution < 1.29 is 9.53 Å². The van der Waals surface area contributed by atoms with Crippen LogP contribution in [0.3, 0.4) is 0 Å². The van der Waals surface area contributed by atoms with Crippen LogP contribution < -0.4 is 0 Å². The summed E-state index contributed by atoms with van der Waals surface area (Å²) >= 11 is 0. The highest BCUT2D eigenvalue weighted by molar-refractivity contribution is 5.50. The van der Waals surface area contributed by atoms with Crippen molar-refractivity contribution in [1.82, 2.24) is 4.90 Å².